The first kappa shape index (κ1) is 15.5. The van der Waals surface area contributed by atoms with Gasteiger partial charge >= 0.3 is 0 Å². The Balaban J connectivity index is 1.45. The second kappa shape index (κ2) is 6.54. The fourth-order valence-electron chi connectivity index (χ4n) is 3.52. The first-order valence-electron chi connectivity index (χ1n) is 8.85. The molecule has 1 aliphatic heterocycles. The summed E-state index contributed by atoms with van der Waals surface area (Å²) in [6.07, 6.45) is 11.0. The molecule has 0 radical (unpaired) electrons. The van der Waals surface area contributed by atoms with E-state index in [0.29, 0.717) is 5.25 Å². The maximum atomic E-state index is 6.29. The SMILES string of the molecule is C1=CC2Oc3ccc4ccccc4c3SC2/C1=C/C=C/c1ccccc1. The lowest BCUT2D eigenvalue weighted by atomic mass is 10.1. The molecule has 1 aliphatic carbocycles. The van der Waals surface area contributed by atoms with E-state index < -0.39 is 0 Å². The average molecular weight is 354 g/mol. The van der Waals surface area contributed by atoms with Gasteiger partial charge < -0.3 is 4.74 Å². The Kier molecular flexibility index (Phi) is 3.91. The number of hydrogen-bond donors (Lipinski definition) is 0. The lowest BCUT2D eigenvalue weighted by Crippen LogP contribution is -2.28. The Morgan fingerprint density at radius 2 is 1.73 bits per heavy atom. The van der Waals surface area contributed by atoms with E-state index in [1.807, 2.05) is 17.8 Å². The number of fused-ring (bicyclic) bond motifs is 4. The summed E-state index contributed by atoms with van der Waals surface area (Å²) < 4.78 is 6.29. The minimum Gasteiger partial charge on any atom is -0.484 e. The van der Waals surface area contributed by atoms with Gasteiger partial charge in [-0.3, -0.25) is 0 Å². The van der Waals surface area contributed by atoms with Crippen molar-refractivity contribution in [1.82, 2.24) is 0 Å². The zero-order valence-corrected chi connectivity index (χ0v) is 15.0. The molecule has 2 heteroatoms. The van der Waals surface area contributed by atoms with Crippen LogP contribution in [-0.2, 0) is 0 Å². The van der Waals surface area contributed by atoms with Crippen LogP contribution in [0.15, 0.2) is 102 Å². The summed E-state index contributed by atoms with van der Waals surface area (Å²) in [5.41, 5.74) is 2.53. The monoisotopic (exact) mass is 354 g/mol. The van der Waals surface area contributed by atoms with Gasteiger partial charge in [0.15, 0.2) is 0 Å². The number of allylic oxidation sites excluding steroid dienone is 3. The molecular formula is C24H18OS. The minimum atomic E-state index is 0.116. The highest BCUT2D eigenvalue weighted by atomic mass is 32.2. The van der Waals surface area contributed by atoms with Gasteiger partial charge in [-0.15, -0.1) is 11.8 Å². The molecular weight excluding hydrogens is 336 g/mol. The molecule has 2 aliphatic rings. The van der Waals surface area contributed by atoms with Gasteiger partial charge in [0.2, 0.25) is 0 Å². The van der Waals surface area contributed by atoms with E-state index in [9.17, 15) is 0 Å². The van der Waals surface area contributed by atoms with Gasteiger partial charge in [0.1, 0.15) is 11.9 Å². The van der Waals surface area contributed by atoms with Crippen LogP contribution >= 0.6 is 11.8 Å². The normalized spacial score (nSPS) is 22.5. The second-order valence-electron chi connectivity index (χ2n) is 6.53. The average Bonchev–Trinajstić information content (AvgIpc) is 3.09. The first-order valence-corrected chi connectivity index (χ1v) is 9.73. The van der Waals surface area contributed by atoms with Crippen LogP contribution in [0.25, 0.3) is 16.8 Å². The molecule has 0 aromatic heterocycles. The van der Waals surface area contributed by atoms with Crippen molar-refractivity contribution in [1.29, 1.82) is 0 Å². The van der Waals surface area contributed by atoms with Gasteiger partial charge in [0, 0.05) is 0 Å². The van der Waals surface area contributed by atoms with Crippen molar-refractivity contribution in [2.75, 3.05) is 0 Å². The third-order valence-electron chi connectivity index (χ3n) is 4.83. The molecule has 1 heterocycles. The van der Waals surface area contributed by atoms with E-state index in [2.05, 4.69) is 91.0 Å². The van der Waals surface area contributed by atoms with E-state index in [0.717, 1.165) is 5.75 Å². The summed E-state index contributed by atoms with van der Waals surface area (Å²) in [6.45, 7) is 0. The molecule has 0 bridgehead atoms. The van der Waals surface area contributed by atoms with Crippen molar-refractivity contribution in [3.8, 4) is 5.75 Å². The van der Waals surface area contributed by atoms with Crippen molar-refractivity contribution in [2.45, 2.75) is 16.2 Å². The smallest absolute Gasteiger partial charge is 0.134 e. The predicted molar refractivity (Wildman–Crippen MR) is 111 cm³/mol. The van der Waals surface area contributed by atoms with Crippen molar-refractivity contribution >= 4 is 28.6 Å². The second-order valence-corrected chi connectivity index (χ2v) is 7.68. The topological polar surface area (TPSA) is 9.23 Å². The predicted octanol–water partition coefficient (Wildman–Crippen LogP) is 6.27. The maximum absolute atomic E-state index is 6.29. The standard InChI is InChI=1S/C24H18OS/c1-2-7-17(8-3-1)9-6-11-19-14-16-21-23(19)26-24-20-12-5-4-10-18(20)13-15-22(24)25-21/h1-16,21,23H/b9-6+,19-11+. The Morgan fingerprint density at radius 1 is 0.885 bits per heavy atom. The van der Waals surface area contributed by atoms with E-state index in [1.54, 1.807) is 0 Å². The summed E-state index contributed by atoms with van der Waals surface area (Å²) in [7, 11) is 0. The fraction of sp³-hybridized carbons (Fsp3) is 0.0833. The molecule has 0 saturated carbocycles. The third-order valence-corrected chi connectivity index (χ3v) is 6.28. The van der Waals surface area contributed by atoms with Crippen LogP contribution in [-0.4, -0.2) is 11.4 Å². The Labute approximate surface area is 157 Å². The van der Waals surface area contributed by atoms with Crippen molar-refractivity contribution in [3.63, 3.8) is 0 Å². The first-order chi connectivity index (χ1) is 12.9. The largest absolute Gasteiger partial charge is 0.484 e. The molecule has 2 atom stereocenters. The van der Waals surface area contributed by atoms with Gasteiger partial charge in [0.25, 0.3) is 0 Å². The van der Waals surface area contributed by atoms with Gasteiger partial charge in [0.05, 0.1) is 10.1 Å². The highest BCUT2D eigenvalue weighted by Crippen LogP contribution is 2.48. The van der Waals surface area contributed by atoms with E-state index >= 15 is 0 Å². The molecule has 0 spiro atoms. The number of thioether (sulfide) groups is 1. The van der Waals surface area contributed by atoms with E-state index in [4.69, 9.17) is 4.74 Å². The molecule has 3 aromatic carbocycles. The summed E-state index contributed by atoms with van der Waals surface area (Å²) >= 11 is 1.92. The van der Waals surface area contributed by atoms with Crippen molar-refractivity contribution < 1.29 is 4.74 Å². The molecule has 0 N–H and O–H groups in total. The molecule has 126 valence electrons. The van der Waals surface area contributed by atoms with Crippen LogP contribution in [0, 0.1) is 0 Å². The molecule has 5 rings (SSSR count). The summed E-state index contributed by atoms with van der Waals surface area (Å²) in [6, 6.07) is 23.2. The number of benzene rings is 3. The minimum absolute atomic E-state index is 0.116. The molecule has 0 saturated heterocycles. The highest BCUT2D eigenvalue weighted by Gasteiger charge is 2.35. The molecule has 2 unspecified atom stereocenters. The summed E-state index contributed by atoms with van der Waals surface area (Å²) in [5.74, 6) is 1.00. The molecule has 26 heavy (non-hydrogen) atoms. The van der Waals surface area contributed by atoms with Gasteiger partial charge in [-0.25, -0.2) is 0 Å². The number of hydrogen-bond acceptors (Lipinski definition) is 2. The Hall–Kier alpha value is -2.71. The third kappa shape index (κ3) is 2.77. The summed E-state index contributed by atoms with van der Waals surface area (Å²) in [4.78, 5) is 1.26. The summed E-state index contributed by atoms with van der Waals surface area (Å²) in [5, 5.41) is 2.86. The zero-order valence-electron chi connectivity index (χ0n) is 14.2. The number of ether oxygens (including phenoxy) is 1. The van der Waals surface area contributed by atoms with E-state index in [1.165, 1.54) is 26.8 Å². The van der Waals surface area contributed by atoms with E-state index in [-0.39, 0.29) is 6.10 Å². The lowest BCUT2D eigenvalue weighted by Gasteiger charge is -2.29. The van der Waals surface area contributed by atoms with Crippen molar-refractivity contribution in [2.24, 2.45) is 0 Å². The fourth-order valence-corrected chi connectivity index (χ4v) is 4.90. The van der Waals surface area contributed by atoms with Gasteiger partial charge in [-0.1, -0.05) is 85.0 Å². The zero-order chi connectivity index (χ0) is 17.3. The Morgan fingerprint density at radius 3 is 2.65 bits per heavy atom. The highest BCUT2D eigenvalue weighted by molar-refractivity contribution is 8.00. The quantitative estimate of drug-likeness (QED) is 0.536. The molecule has 0 fully saturated rings. The van der Waals surface area contributed by atoms with Crippen LogP contribution in [0.5, 0.6) is 5.75 Å². The van der Waals surface area contributed by atoms with Crippen LogP contribution in [0.4, 0.5) is 0 Å². The molecule has 3 aromatic rings. The molecule has 0 amide bonds. The van der Waals surface area contributed by atoms with Crippen LogP contribution in [0.2, 0.25) is 0 Å². The lowest BCUT2D eigenvalue weighted by molar-refractivity contribution is 0.249. The van der Waals surface area contributed by atoms with Crippen LogP contribution in [0.1, 0.15) is 5.56 Å². The van der Waals surface area contributed by atoms with Gasteiger partial charge in [-0.2, -0.15) is 0 Å². The Bertz CT molecular complexity index is 1050. The van der Waals surface area contributed by atoms with Crippen molar-refractivity contribution in [3.05, 3.63) is 102 Å². The van der Waals surface area contributed by atoms with Gasteiger partial charge in [-0.05, 0) is 34.1 Å². The maximum Gasteiger partial charge on any atom is 0.134 e. The molecule has 1 nitrogen and oxygen atoms in total. The van der Waals surface area contributed by atoms with Crippen LogP contribution < -0.4 is 4.74 Å². The van der Waals surface area contributed by atoms with Crippen LogP contribution in [0.3, 0.4) is 0 Å². The number of rotatable bonds is 2.